The third-order valence-corrected chi connectivity index (χ3v) is 21.5. The van der Waals surface area contributed by atoms with Crippen LogP contribution in [0.5, 0.6) is 6.01 Å². The highest BCUT2D eigenvalue weighted by Gasteiger charge is 2.54. The zero-order valence-electron chi connectivity index (χ0n) is 38.6. The van der Waals surface area contributed by atoms with Gasteiger partial charge in [0.2, 0.25) is 0 Å². The largest absolute Gasteiger partial charge is 0.461 e. The Labute approximate surface area is 371 Å². The zero-order chi connectivity index (χ0) is 44.9. The molecule has 63 heavy (non-hydrogen) atoms. The Bertz CT molecular complexity index is 2510. The Hall–Kier alpha value is -4.41. The lowest BCUT2D eigenvalue weighted by atomic mass is 9.88. The molecule has 0 radical (unpaired) electrons. The van der Waals surface area contributed by atoms with Crippen LogP contribution in [0.3, 0.4) is 0 Å². The average molecular weight is 881 g/mol. The fraction of sp³-hybridized carbons (Fsp3) is 0.600. The average Bonchev–Trinajstić information content (AvgIpc) is 3.82. The van der Waals surface area contributed by atoms with E-state index in [0.717, 1.165) is 37.6 Å². The van der Waals surface area contributed by atoms with Crippen molar-refractivity contribution >= 4 is 41.7 Å². The molecule has 0 N–H and O–H groups in total. The van der Waals surface area contributed by atoms with Gasteiger partial charge in [0.1, 0.15) is 49.3 Å². The topological polar surface area (TPSA) is 83.9 Å². The molecule has 2 bridgehead atoms. The molecule has 13 heteroatoms. The second kappa shape index (κ2) is 15.9. The Morgan fingerprint density at radius 2 is 1.73 bits per heavy atom. The van der Waals surface area contributed by atoms with Crippen molar-refractivity contribution in [3.63, 3.8) is 0 Å². The summed E-state index contributed by atoms with van der Waals surface area (Å²) in [6.07, 6.45) is 2.90. The van der Waals surface area contributed by atoms with Gasteiger partial charge in [0.15, 0.2) is 5.82 Å². The number of piperazine rings is 1. The number of fused-ring (bicyclic) bond motifs is 7. The van der Waals surface area contributed by atoms with E-state index in [4.69, 9.17) is 24.4 Å². The standard InChI is InChI=1S/C50H63F3N6O3Si/c1-28(2)63(29(3)4,30(5)6)22-19-35-37(52)17-15-32-13-11-14-36(40(32)35)43-42(53)44-41-38(54-43)23-31(7)45-39-18-16-34(59(39)48(60)62-49(8,9)10)26-58(45)46(41)56-47(55-44)61-27-50-20-12-21-57(50)25-33(51)24-50/h11,13-15,17,28-31,33-34,39,45H,12,16,18,20-21,23-27H2,1-10H3/t31-,33+,34+,39-,45-,50-/m0/s1. The molecule has 2 aromatic heterocycles. The zero-order valence-corrected chi connectivity index (χ0v) is 39.6. The quantitative estimate of drug-likeness (QED) is 0.134. The summed E-state index contributed by atoms with van der Waals surface area (Å²) in [4.78, 5) is 35.4. The van der Waals surface area contributed by atoms with Crippen molar-refractivity contribution in [2.24, 2.45) is 5.92 Å². The lowest BCUT2D eigenvalue weighted by Crippen LogP contribution is -2.63. The lowest BCUT2D eigenvalue weighted by Gasteiger charge is -2.49. The van der Waals surface area contributed by atoms with Crippen LogP contribution in [-0.4, -0.2) is 101 Å². The summed E-state index contributed by atoms with van der Waals surface area (Å²) >= 11 is 0. The molecule has 9 nitrogen and oxygen atoms in total. The molecule has 0 unspecified atom stereocenters. The number of aromatic nitrogens is 3. The monoisotopic (exact) mass is 880 g/mol. The van der Waals surface area contributed by atoms with Gasteiger partial charge in [-0.15, -0.1) is 5.54 Å². The number of amides is 1. The van der Waals surface area contributed by atoms with E-state index < -0.39 is 37.0 Å². The molecule has 5 aliphatic heterocycles. The van der Waals surface area contributed by atoms with Crippen LogP contribution in [0, 0.1) is 29.0 Å². The molecule has 9 rings (SSSR count). The molecule has 4 aromatic rings. The molecule has 4 saturated heterocycles. The van der Waals surface area contributed by atoms with Crippen molar-refractivity contribution in [1.29, 1.82) is 0 Å². The van der Waals surface area contributed by atoms with Gasteiger partial charge in [-0.25, -0.2) is 22.9 Å². The van der Waals surface area contributed by atoms with E-state index in [9.17, 15) is 9.18 Å². The smallest absolute Gasteiger partial charge is 0.410 e. The van der Waals surface area contributed by atoms with Gasteiger partial charge < -0.3 is 14.4 Å². The summed E-state index contributed by atoms with van der Waals surface area (Å²) < 4.78 is 61.7. The van der Waals surface area contributed by atoms with Crippen LogP contribution in [-0.2, 0) is 11.2 Å². The predicted octanol–water partition coefficient (Wildman–Crippen LogP) is 10.8. The number of alkyl halides is 1. The summed E-state index contributed by atoms with van der Waals surface area (Å²) in [5, 5.41) is 1.76. The van der Waals surface area contributed by atoms with Gasteiger partial charge in [-0.2, -0.15) is 9.97 Å². The van der Waals surface area contributed by atoms with E-state index in [-0.39, 0.29) is 59.5 Å². The highest BCUT2D eigenvalue weighted by Crippen LogP contribution is 2.48. The number of anilines is 1. The number of carbonyl (C=O) groups excluding carboxylic acids is 1. The Morgan fingerprint density at radius 1 is 0.984 bits per heavy atom. The van der Waals surface area contributed by atoms with Crippen LogP contribution in [0.1, 0.15) is 113 Å². The molecule has 336 valence electrons. The van der Waals surface area contributed by atoms with Crippen LogP contribution < -0.4 is 9.64 Å². The van der Waals surface area contributed by atoms with E-state index in [1.807, 2.05) is 37.8 Å². The van der Waals surface area contributed by atoms with Gasteiger partial charge in [0.25, 0.3) is 0 Å². The van der Waals surface area contributed by atoms with Crippen molar-refractivity contribution in [2.75, 3.05) is 31.1 Å². The fourth-order valence-corrected chi connectivity index (χ4v) is 17.9. The van der Waals surface area contributed by atoms with Crippen LogP contribution in [0.15, 0.2) is 30.3 Å². The number of hydrogen-bond donors (Lipinski definition) is 0. The number of pyridine rings is 1. The summed E-state index contributed by atoms with van der Waals surface area (Å²) in [7, 11) is -2.28. The number of halogens is 3. The van der Waals surface area contributed by atoms with Gasteiger partial charge in [0.05, 0.1) is 40.3 Å². The maximum Gasteiger partial charge on any atom is 0.410 e. The van der Waals surface area contributed by atoms with Crippen molar-refractivity contribution in [3.8, 4) is 28.7 Å². The van der Waals surface area contributed by atoms with Crippen LogP contribution in [0.2, 0.25) is 16.6 Å². The van der Waals surface area contributed by atoms with Crippen molar-refractivity contribution < 1.29 is 27.4 Å². The molecule has 0 spiro atoms. The van der Waals surface area contributed by atoms with E-state index in [0.29, 0.717) is 70.4 Å². The van der Waals surface area contributed by atoms with Gasteiger partial charge in [-0.3, -0.25) is 9.80 Å². The number of rotatable bonds is 7. The molecule has 0 aliphatic carbocycles. The molecule has 6 atom stereocenters. The maximum atomic E-state index is 18.0. The maximum absolute atomic E-state index is 18.0. The Kier molecular flexibility index (Phi) is 11.1. The fourth-order valence-electron chi connectivity index (χ4n) is 12.7. The first-order valence-corrected chi connectivity index (χ1v) is 25.5. The van der Waals surface area contributed by atoms with Gasteiger partial charge in [-0.1, -0.05) is 78.7 Å². The van der Waals surface area contributed by atoms with Gasteiger partial charge >= 0.3 is 12.1 Å². The van der Waals surface area contributed by atoms with Crippen molar-refractivity contribution in [2.45, 2.75) is 160 Å². The number of ether oxygens (including phenoxy) is 2. The second-order valence-electron chi connectivity index (χ2n) is 21.1. The van der Waals surface area contributed by atoms with E-state index in [1.54, 1.807) is 12.1 Å². The lowest BCUT2D eigenvalue weighted by molar-refractivity contribution is 0.00489. The molecule has 4 fully saturated rings. The van der Waals surface area contributed by atoms with Crippen LogP contribution >= 0.6 is 0 Å². The summed E-state index contributed by atoms with van der Waals surface area (Å²) in [6.45, 7) is 23.0. The van der Waals surface area contributed by atoms with Crippen LogP contribution in [0.4, 0.5) is 23.8 Å². The third-order valence-electron chi connectivity index (χ3n) is 15.3. The molecular formula is C50H63F3N6O3Si. The SMILES string of the molecule is CC(C)[Si](C#Cc1c(F)ccc2cccc(-c3nc4c5c(nc(OC[C@@]67CCCN6C[C@H](F)C7)nc5c3F)N3C[C@H]5CC[C@@H]([C@@H]3[C@@H](C)C4)N5C(=O)OC(C)(C)C)c12)(C(C)C)C(C)C. The molecule has 0 saturated carbocycles. The highest BCUT2D eigenvalue weighted by molar-refractivity contribution is 6.90. The molecule has 5 aliphatic rings. The summed E-state index contributed by atoms with van der Waals surface area (Å²) in [5.41, 5.74) is 5.04. The summed E-state index contributed by atoms with van der Waals surface area (Å²) in [5.74, 6) is 2.75. The van der Waals surface area contributed by atoms with E-state index in [1.165, 1.54) is 6.07 Å². The molecule has 7 heterocycles. The Balaban J connectivity index is 1.23. The van der Waals surface area contributed by atoms with Crippen molar-refractivity contribution in [1.82, 2.24) is 24.8 Å². The normalized spacial score (nSPS) is 25.8. The first-order chi connectivity index (χ1) is 29.8. The second-order valence-corrected chi connectivity index (χ2v) is 26.7. The number of nitrogens with zero attached hydrogens (tertiary/aromatic N) is 6. The molecule has 1 amide bonds. The molecular weight excluding hydrogens is 818 g/mol. The predicted molar refractivity (Wildman–Crippen MR) is 246 cm³/mol. The first-order valence-electron chi connectivity index (χ1n) is 23.3. The Morgan fingerprint density at radius 3 is 2.44 bits per heavy atom. The minimum Gasteiger partial charge on any atom is -0.461 e. The molecule has 2 aromatic carbocycles. The van der Waals surface area contributed by atoms with Gasteiger partial charge in [-0.05, 0) is 93.4 Å². The third kappa shape index (κ3) is 7.26. The number of benzene rings is 2. The van der Waals surface area contributed by atoms with E-state index >= 15 is 8.78 Å². The minimum absolute atomic E-state index is 0.0196. The van der Waals surface area contributed by atoms with Crippen molar-refractivity contribution in [3.05, 3.63) is 53.2 Å². The highest BCUT2D eigenvalue weighted by atomic mass is 28.3. The van der Waals surface area contributed by atoms with E-state index in [2.05, 4.69) is 69.7 Å². The summed E-state index contributed by atoms with van der Waals surface area (Å²) in [6, 6.07) is 8.26. The minimum atomic E-state index is -2.28. The van der Waals surface area contributed by atoms with Crippen LogP contribution in [0.25, 0.3) is 32.9 Å². The number of carbonyl (C=O) groups is 1. The van der Waals surface area contributed by atoms with Gasteiger partial charge in [0, 0.05) is 30.5 Å². The first kappa shape index (κ1) is 43.8. The number of hydrogen-bond acceptors (Lipinski definition) is 8.